The fourth-order valence-corrected chi connectivity index (χ4v) is 1.20. The maximum absolute atomic E-state index is 13.2. The second-order valence-electron chi connectivity index (χ2n) is 3.17. The molecule has 2 rings (SSSR count). The molecular weight excluding hydrogens is 216 g/mol. The highest BCUT2D eigenvalue weighted by molar-refractivity contribution is 5.44. The summed E-state index contributed by atoms with van der Waals surface area (Å²) in [5.74, 6) is -0.823. The molecule has 0 atom stereocenters. The first-order chi connectivity index (χ1) is 7.65. The first kappa shape index (κ1) is 10.5. The van der Waals surface area contributed by atoms with Crippen LogP contribution in [-0.4, -0.2) is 20.2 Å². The van der Waals surface area contributed by atoms with Gasteiger partial charge in [0.05, 0.1) is 19.3 Å². The van der Waals surface area contributed by atoms with Crippen molar-refractivity contribution < 1.29 is 8.78 Å². The zero-order chi connectivity index (χ0) is 11.5. The molecule has 16 heavy (non-hydrogen) atoms. The van der Waals surface area contributed by atoms with Crippen LogP contribution in [0.1, 0.15) is 5.82 Å². The van der Waals surface area contributed by atoms with E-state index in [9.17, 15) is 8.78 Å². The molecule has 0 aliphatic heterocycles. The lowest BCUT2D eigenvalue weighted by Gasteiger charge is -2.04. The minimum atomic E-state index is -0.649. The Kier molecular flexibility index (Phi) is 2.76. The van der Waals surface area contributed by atoms with Gasteiger partial charge in [-0.1, -0.05) is 0 Å². The summed E-state index contributed by atoms with van der Waals surface area (Å²) in [7, 11) is 1.63. The quantitative estimate of drug-likeness (QED) is 0.849. The van der Waals surface area contributed by atoms with Crippen LogP contribution in [0.15, 0.2) is 18.2 Å². The monoisotopic (exact) mass is 225 g/mol. The molecule has 7 heteroatoms. The Morgan fingerprint density at radius 2 is 2.19 bits per heavy atom. The highest BCUT2D eigenvalue weighted by Gasteiger charge is 2.05. The zero-order valence-electron chi connectivity index (χ0n) is 8.48. The molecule has 0 saturated heterocycles. The number of aromatic nitrogens is 4. The molecule has 0 aliphatic carbocycles. The molecule has 1 aromatic carbocycles. The Morgan fingerprint density at radius 3 is 2.81 bits per heavy atom. The molecule has 0 bridgehead atoms. The van der Waals surface area contributed by atoms with Crippen LogP contribution in [0, 0.1) is 11.6 Å². The molecule has 0 radical (unpaired) electrons. The second-order valence-corrected chi connectivity index (χ2v) is 3.17. The lowest BCUT2D eigenvalue weighted by molar-refractivity contribution is 0.585. The van der Waals surface area contributed by atoms with Crippen LogP contribution >= 0.6 is 0 Å². The van der Waals surface area contributed by atoms with E-state index >= 15 is 0 Å². The number of tetrazole rings is 1. The van der Waals surface area contributed by atoms with Crippen molar-refractivity contribution in [2.24, 2.45) is 7.05 Å². The van der Waals surface area contributed by atoms with Crippen LogP contribution in [0.3, 0.4) is 0 Å². The molecule has 1 aromatic heterocycles. The van der Waals surface area contributed by atoms with Gasteiger partial charge in [-0.15, -0.1) is 10.2 Å². The summed E-state index contributed by atoms with van der Waals surface area (Å²) >= 11 is 0. The van der Waals surface area contributed by atoms with Gasteiger partial charge in [0.25, 0.3) is 0 Å². The summed E-state index contributed by atoms with van der Waals surface area (Å²) in [5.41, 5.74) is 0.203. The third-order valence-corrected chi connectivity index (χ3v) is 1.92. The normalized spacial score (nSPS) is 10.4. The van der Waals surface area contributed by atoms with E-state index in [4.69, 9.17) is 0 Å². The van der Waals surface area contributed by atoms with E-state index in [0.29, 0.717) is 5.82 Å². The third-order valence-electron chi connectivity index (χ3n) is 1.92. The molecule has 0 amide bonds. The third kappa shape index (κ3) is 2.30. The molecule has 0 unspecified atom stereocenters. The number of nitrogens with one attached hydrogen (secondary N) is 1. The minimum Gasteiger partial charge on any atom is -0.375 e. The van der Waals surface area contributed by atoms with Gasteiger partial charge in [-0.05, 0) is 17.3 Å². The summed E-state index contributed by atoms with van der Waals surface area (Å²) in [5, 5.41) is 14.0. The van der Waals surface area contributed by atoms with Gasteiger partial charge in [-0.3, -0.25) is 0 Å². The SMILES string of the molecule is Cn1nnc(CNc2ccc(F)cc2F)n1. The van der Waals surface area contributed by atoms with Gasteiger partial charge in [0.1, 0.15) is 11.6 Å². The van der Waals surface area contributed by atoms with E-state index < -0.39 is 11.6 Å². The molecule has 0 aliphatic rings. The first-order valence-corrected chi connectivity index (χ1v) is 4.57. The average molecular weight is 225 g/mol. The first-order valence-electron chi connectivity index (χ1n) is 4.57. The predicted octanol–water partition coefficient (Wildman–Crippen LogP) is 1.10. The summed E-state index contributed by atoms with van der Waals surface area (Å²) in [6.07, 6.45) is 0. The average Bonchev–Trinajstić information content (AvgIpc) is 2.63. The van der Waals surface area contributed by atoms with Gasteiger partial charge in [-0.25, -0.2) is 8.78 Å². The topological polar surface area (TPSA) is 55.6 Å². The molecule has 0 saturated carbocycles. The summed E-state index contributed by atoms with van der Waals surface area (Å²) in [6, 6.07) is 3.31. The van der Waals surface area contributed by atoms with Crippen molar-refractivity contribution in [1.82, 2.24) is 20.2 Å². The van der Waals surface area contributed by atoms with E-state index in [1.165, 1.54) is 16.9 Å². The number of hydrogen-bond donors (Lipinski definition) is 1. The van der Waals surface area contributed by atoms with Gasteiger partial charge in [0.15, 0.2) is 5.82 Å². The smallest absolute Gasteiger partial charge is 0.193 e. The van der Waals surface area contributed by atoms with Crippen molar-refractivity contribution in [3.8, 4) is 0 Å². The van der Waals surface area contributed by atoms with Gasteiger partial charge in [0.2, 0.25) is 0 Å². The van der Waals surface area contributed by atoms with Crippen LogP contribution < -0.4 is 5.32 Å². The molecular formula is C9H9F2N5. The number of rotatable bonds is 3. The predicted molar refractivity (Wildman–Crippen MR) is 52.5 cm³/mol. The zero-order valence-corrected chi connectivity index (χ0v) is 8.48. The fourth-order valence-electron chi connectivity index (χ4n) is 1.20. The highest BCUT2D eigenvalue weighted by atomic mass is 19.1. The van der Waals surface area contributed by atoms with Crippen LogP contribution in [0.5, 0.6) is 0 Å². The van der Waals surface area contributed by atoms with Crippen LogP contribution in [-0.2, 0) is 13.6 Å². The maximum Gasteiger partial charge on any atom is 0.193 e. The summed E-state index contributed by atoms with van der Waals surface area (Å²) in [6.45, 7) is 0.233. The van der Waals surface area contributed by atoms with Crippen molar-refractivity contribution >= 4 is 5.69 Å². The number of halogens is 2. The van der Waals surface area contributed by atoms with Crippen molar-refractivity contribution in [2.75, 3.05) is 5.32 Å². The lowest BCUT2D eigenvalue weighted by Crippen LogP contribution is -2.04. The molecule has 2 aromatic rings. The standard InChI is InChI=1S/C9H9F2N5/c1-16-14-9(13-15-16)5-12-8-3-2-6(10)4-7(8)11/h2-4,12H,5H2,1H3. The molecule has 0 fully saturated rings. The Hall–Kier alpha value is -2.05. The maximum atomic E-state index is 13.2. The fraction of sp³-hybridized carbons (Fsp3) is 0.222. The van der Waals surface area contributed by atoms with Crippen molar-refractivity contribution in [1.29, 1.82) is 0 Å². The Bertz CT molecular complexity index is 496. The molecule has 5 nitrogen and oxygen atoms in total. The molecule has 1 N–H and O–H groups in total. The van der Waals surface area contributed by atoms with E-state index in [2.05, 4.69) is 20.7 Å². The lowest BCUT2D eigenvalue weighted by atomic mass is 10.3. The Labute approximate surface area is 90.1 Å². The van der Waals surface area contributed by atoms with Crippen molar-refractivity contribution in [3.05, 3.63) is 35.7 Å². The molecule has 1 heterocycles. The van der Waals surface area contributed by atoms with Gasteiger partial charge in [-0.2, -0.15) is 4.80 Å². The van der Waals surface area contributed by atoms with Crippen molar-refractivity contribution in [3.63, 3.8) is 0 Å². The van der Waals surface area contributed by atoms with Gasteiger partial charge < -0.3 is 5.32 Å². The van der Waals surface area contributed by atoms with Crippen LogP contribution in [0.4, 0.5) is 14.5 Å². The van der Waals surface area contributed by atoms with Crippen LogP contribution in [0.2, 0.25) is 0 Å². The Morgan fingerprint density at radius 1 is 1.38 bits per heavy atom. The number of hydrogen-bond acceptors (Lipinski definition) is 4. The second kappa shape index (κ2) is 4.21. The Balaban J connectivity index is 2.04. The van der Waals surface area contributed by atoms with E-state index in [1.54, 1.807) is 7.05 Å². The van der Waals surface area contributed by atoms with Gasteiger partial charge in [0, 0.05) is 6.07 Å². The number of benzene rings is 1. The summed E-state index contributed by atoms with van der Waals surface area (Å²) < 4.78 is 25.8. The summed E-state index contributed by atoms with van der Waals surface area (Å²) in [4.78, 5) is 1.30. The minimum absolute atomic E-state index is 0.203. The number of anilines is 1. The van der Waals surface area contributed by atoms with Gasteiger partial charge >= 0.3 is 0 Å². The van der Waals surface area contributed by atoms with Crippen LogP contribution in [0.25, 0.3) is 0 Å². The molecule has 0 spiro atoms. The number of aryl methyl sites for hydroxylation is 1. The highest BCUT2D eigenvalue weighted by Crippen LogP contribution is 2.15. The van der Waals surface area contributed by atoms with E-state index in [-0.39, 0.29) is 12.2 Å². The number of nitrogens with zero attached hydrogens (tertiary/aromatic N) is 4. The van der Waals surface area contributed by atoms with E-state index in [0.717, 1.165) is 6.07 Å². The largest absolute Gasteiger partial charge is 0.375 e. The molecule has 84 valence electrons. The van der Waals surface area contributed by atoms with E-state index in [1.807, 2.05) is 0 Å². The van der Waals surface area contributed by atoms with Crippen molar-refractivity contribution in [2.45, 2.75) is 6.54 Å².